The van der Waals surface area contributed by atoms with Gasteiger partial charge in [0.2, 0.25) is 0 Å². The average molecular weight is 248 g/mol. The summed E-state index contributed by atoms with van der Waals surface area (Å²) in [6.45, 7) is 0. The Morgan fingerprint density at radius 2 is 2.29 bits per heavy atom. The molecule has 0 amide bonds. The largest absolute Gasteiger partial charge is 0.360 e. The Balaban J connectivity index is 1.95. The van der Waals surface area contributed by atoms with Gasteiger partial charge in [-0.1, -0.05) is 23.7 Å². The Morgan fingerprint density at radius 3 is 3.06 bits per heavy atom. The van der Waals surface area contributed by atoms with E-state index in [-0.39, 0.29) is 5.92 Å². The third-order valence-corrected chi connectivity index (χ3v) is 3.96. The Hall–Kier alpha value is -1.28. The molecule has 0 spiro atoms. The molecule has 1 fully saturated rings. The van der Waals surface area contributed by atoms with Crippen molar-refractivity contribution in [1.29, 1.82) is 0 Å². The minimum absolute atomic E-state index is 0.216. The molecule has 1 unspecified atom stereocenters. The minimum atomic E-state index is 0.216. The number of carbonyl (C=O) groups is 1. The predicted octanol–water partition coefficient (Wildman–Crippen LogP) is 3.73. The SMILES string of the molecule is O=C1CCCC1Cc1c[nH]c2c(Cl)cccc12. The number of benzene rings is 1. The van der Waals surface area contributed by atoms with Gasteiger partial charge in [-0.25, -0.2) is 0 Å². The molecule has 2 nitrogen and oxygen atoms in total. The molecule has 3 heteroatoms. The van der Waals surface area contributed by atoms with Crippen molar-refractivity contribution in [2.75, 3.05) is 0 Å². The molecular formula is C14H14ClNO. The lowest BCUT2D eigenvalue weighted by molar-refractivity contribution is -0.120. The lowest BCUT2D eigenvalue weighted by atomic mass is 9.97. The van der Waals surface area contributed by atoms with Gasteiger partial charge in [-0.2, -0.15) is 0 Å². The molecule has 1 aromatic carbocycles. The number of H-pyrrole nitrogens is 1. The molecule has 1 aliphatic carbocycles. The molecule has 0 bridgehead atoms. The van der Waals surface area contributed by atoms with Crippen molar-refractivity contribution in [3.05, 3.63) is 35.0 Å². The molecule has 2 aromatic rings. The molecule has 3 rings (SSSR count). The molecule has 1 saturated carbocycles. The van der Waals surface area contributed by atoms with Crippen molar-refractivity contribution < 1.29 is 4.79 Å². The number of Topliss-reactive ketones (excluding diaryl/α,β-unsaturated/α-hetero) is 1. The van der Waals surface area contributed by atoms with Crippen LogP contribution in [-0.4, -0.2) is 10.8 Å². The van der Waals surface area contributed by atoms with Gasteiger partial charge in [0, 0.05) is 23.9 Å². The summed E-state index contributed by atoms with van der Waals surface area (Å²) in [5, 5.41) is 1.89. The topological polar surface area (TPSA) is 32.9 Å². The number of para-hydroxylation sites is 1. The van der Waals surface area contributed by atoms with Gasteiger partial charge in [0.1, 0.15) is 5.78 Å². The maximum atomic E-state index is 11.7. The zero-order valence-electron chi connectivity index (χ0n) is 9.50. The molecule has 17 heavy (non-hydrogen) atoms. The molecule has 1 N–H and O–H groups in total. The fourth-order valence-electron chi connectivity index (χ4n) is 2.71. The van der Waals surface area contributed by atoms with Crippen LogP contribution in [0, 0.1) is 5.92 Å². The quantitative estimate of drug-likeness (QED) is 0.862. The molecular weight excluding hydrogens is 234 g/mol. The number of fused-ring (bicyclic) bond motifs is 1. The second-order valence-corrected chi connectivity index (χ2v) is 5.14. The Labute approximate surface area is 105 Å². The van der Waals surface area contributed by atoms with Crippen LogP contribution in [0.4, 0.5) is 0 Å². The average Bonchev–Trinajstić information content (AvgIpc) is 2.89. The fraction of sp³-hybridized carbons (Fsp3) is 0.357. The molecule has 1 aromatic heterocycles. The van der Waals surface area contributed by atoms with E-state index >= 15 is 0 Å². The second-order valence-electron chi connectivity index (χ2n) is 4.74. The summed E-state index contributed by atoms with van der Waals surface area (Å²) in [6, 6.07) is 5.90. The summed E-state index contributed by atoms with van der Waals surface area (Å²) >= 11 is 6.12. The van der Waals surface area contributed by atoms with Gasteiger partial charge in [0.05, 0.1) is 10.5 Å². The number of rotatable bonds is 2. The first kappa shape index (κ1) is 10.8. The van der Waals surface area contributed by atoms with Crippen LogP contribution in [0.5, 0.6) is 0 Å². The van der Waals surface area contributed by atoms with E-state index in [1.165, 1.54) is 5.56 Å². The van der Waals surface area contributed by atoms with Crippen LogP contribution in [0.1, 0.15) is 24.8 Å². The van der Waals surface area contributed by atoms with Crippen molar-refractivity contribution in [2.45, 2.75) is 25.7 Å². The summed E-state index contributed by atoms with van der Waals surface area (Å²) < 4.78 is 0. The molecule has 1 aliphatic rings. The van der Waals surface area contributed by atoms with Gasteiger partial charge < -0.3 is 4.98 Å². The van der Waals surface area contributed by atoms with Crippen LogP contribution in [0.25, 0.3) is 10.9 Å². The highest BCUT2D eigenvalue weighted by Crippen LogP contribution is 2.30. The van der Waals surface area contributed by atoms with E-state index in [0.29, 0.717) is 5.78 Å². The van der Waals surface area contributed by atoms with Crippen LogP contribution < -0.4 is 0 Å². The minimum Gasteiger partial charge on any atom is -0.360 e. The highest BCUT2D eigenvalue weighted by Gasteiger charge is 2.25. The van der Waals surface area contributed by atoms with Gasteiger partial charge in [-0.15, -0.1) is 0 Å². The number of nitrogens with one attached hydrogen (secondary N) is 1. The van der Waals surface area contributed by atoms with E-state index in [0.717, 1.165) is 41.6 Å². The third kappa shape index (κ3) is 1.87. The lowest BCUT2D eigenvalue weighted by Crippen LogP contribution is -2.09. The van der Waals surface area contributed by atoms with E-state index in [1.54, 1.807) is 0 Å². The summed E-state index contributed by atoms with van der Waals surface area (Å²) in [5.41, 5.74) is 2.19. The summed E-state index contributed by atoms with van der Waals surface area (Å²) in [6.07, 6.45) is 5.67. The smallest absolute Gasteiger partial charge is 0.136 e. The van der Waals surface area contributed by atoms with Crippen molar-refractivity contribution >= 4 is 28.3 Å². The number of aromatic amines is 1. The maximum Gasteiger partial charge on any atom is 0.136 e. The van der Waals surface area contributed by atoms with Crippen LogP contribution in [0.3, 0.4) is 0 Å². The first-order valence-corrected chi connectivity index (χ1v) is 6.40. The molecule has 0 radical (unpaired) electrons. The first-order chi connectivity index (χ1) is 8.25. The van der Waals surface area contributed by atoms with Gasteiger partial charge in [-0.05, 0) is 30.9 Å². The third-order valence-electron chi connectivity index (χ3n) is 3.65. The molecule has 0 aliphatic heterocycles. The second kappa shape index (κ2) is 4.19. The molecule has 0 saturated heterocycles. The highest BCUT2D eigenvalue weighted by molar-refractivity contribution is 6.35. The monoisotopic (exact) mass is 247 g/mol. The summed E-state index contributed by atoms with van der Waals surface area (Å²) in [7, 11) is 0. The van der Waals surface area contributed by atoms with Gasteiger partial charge in [0.25, 0.3) is 0 Å². The van der Waals surface area contributed by atoms with Gasteiger partial charge in [0.15, 0.2) is 0 Å². The van der Waals surface area contributed by atoms with Crippen molar-refractivity contribution in [1.82, 2.24) is 4.98 Å². The number of hydrogen-bond acceptors (Lipinski definition) is 1. The predicted molar refractivity (Wildman–Crippen MR) is 69.4 cm³/mol. The Kier molecular flexibility index (Phi) is 2.67. The number of carbonyl (C=O) groups excluding carboxylic acids is 1. The highest BCUT2D eigenvalue weighted by atomic mass is 35.5. The number of ketones is 1. The van der Waals surface area contributed by atoms with Crippen molar-refractivity contribution in [3.63, 3.8) is 0 Å². The fourth-order valence-corrected chi connectivity index (χ4v) is 2.94. The van der Waals surface area contributed by atoms with E-state index in [9.17, 15) is 4.79 Å². The first-order valence-electron chi connectivity index (χ1n) is 6.03. The van der Waals surface area contributed by atoms with Crippen molar-refractivity contribution in [2.24, 2.45) is 5.92 Å². The molecule has 1 atom stereocenters. The summed E-state index contributed by atoms with van der Waals surface area (Å²) in [4.78, 5) is 14.9. The van der Waals surface area contributed by atoms with Gasteiger partial charge >= 0.3 is 0 Å². The van der Waals surface area contributed by atoms with E-state index in [4.69, 9.17) is 11.6 Å². The normalized spacial score (nSPS) is 20.3. The number of halogens is 1. The van der Waals surface area contributed by atoms with Crippen LogP contribution in [0.15, 0.2) is 24.4 Å². The van der Waals surface area contributed by atoms with E-state index in [1.807, 2.05) is 18.3 Å². The molecule has 1 heterocycles. The van der Waals surface area contributed by atoms with Crippen LogP contribution >= 0.6 is 11.6 Å². The molecule has 88 valence electrons. The van der Waals surface area contributed by atoms with Crippen LogP contribution in [-0.2, 0) is 11.2 Å². The Bertz CT molecular complexity index is 573. The zero-order valence-corrected chi connectivity index (χ0v) is 10.3. The van der Waals surface area contributed by atoms with Gasteiger partial charge in [-0.3, -0.25) is 4.79 Å². The maximum absolute atomic E-state index is 11.7. The van der Waals surface area contributed by atoms with Crippen molar-refractivity contribution in [3.8, 4) is 0 Å². The van der Waals surface area contributed by atoms with Crippen LogP contribution in [0.2, 0.25) is 5.02 Å². The zero-order chi connectivity index (χ0) is 11.8. The lowest BCUT2D eigenvalue weighted by Gasteiger charge is -2.06. The number of aromatic nitrogens is 1. The Morgan fingerprint density at radius 1 is 1.41 bits per heavy atom. The summed E-state index contributed by atoms with van der Waals surface area (Å²) in [5.74, 6) is 0.634. The van der Waals surface area contributed by atoms with E-state index in [2.05, 4.69) is 11.1 Å². The number of hydrogen-bond donors (Lipinski definition) is 1. The standard InChI is InChI=1S/C14H14ClNO/c15-12-5-2-4-11-10(8-16-14(11)12)7-9-3-1-6-13(9)17/h2,4-5,8-9,16H,1,3,6-7H2. The van der Waals surface area contributed by atoms with E-state index < -0.39 is 0 Å².